The second-order valence-electron chi connectivity index (χ2n) is 5.12. The lowest BCUT2D eigenvalue weighted by Crippen LogP contribution is -2.39. The first-order chi connectivity index (χ1) is 10.2. The number of hydrogen-bond acceptors (Lipinski definition) is 4. The first kappa shape index (κ1) is 18.1. The Morgan fingerprint density at radius 1 is 1.10 bits per heavy atom. The Bertz CT molecular complexity index is 355. The minimum absolute atomic E-state index is 0.334. The van der Waals surface area contributed by atoms with Crippen LogP contribution in [0.5, 0.6) is 0 Å². The second kappa shape index (κ2) is 10.7. The largest absolute Gasteiger partial charge is 0.389 e. The fourth-order valence-corrected chi connectivity index (χ4v) is 2.50. The lowest BCUT2D eigenvalue weighted by molar-refractivity contribution is 0.0418. The van der Waals surface area contributed by atoms with Crippen molar-refractivity contribution in [2.45, 2.75) is 32.9 Å². The number of aliphatic hydroxyl groups is 1. The number of nitrogens with one attached hydrogen (secondary N) is 1. The Kier molecular flexibility index (Phi) is 9.26. The lowest BCUT2D eigenvalue weighted by atomic mass is 10.1. The molecule has 0 saturated heterocycles. The van der Waals surface area contributed by atoms with Gasteiger partial charge in [0.2, 0.25) is 0 Å². The molecule has 1 aromatic rings. The molecule has 0 radical (unpaired) electrons. The van der Waals surface area contributed by atoms with Gasteiger partial charge >= 0.3 is 0 Å². The van der Waals surface area contributed by atoms with Gasteiger partial charge in [-0.15, -0.1) is 0 Å². The first-order valence-corrected chi connectivity index (χ1v) is 7.98. The molecule has 1 aromatic carbocycles. The van der Waals surface area contributed by atoms with Crippen molar-refractivity contribution in [2.75, 3.05) is 39.4 Å². The standard InChI is InChI=1S/C17H30N2O2/c1-4-19(5-2)17(15-10-8-7-9-11-15)13-18-12-16(20)14-21-6-3/h7-11,16-18,20H,4-6,12-14H2,1-3H3. The van der Waals surface area contributed by atoms with E-state index in [-0.39, 0.29) is 0 Å². The molecule has 21 heavy (non-hydrogen) atoms. The van der Waals surface area contributed by atoms with Gasteiger partial charge in [0.15, 0.2) is 0 Å². The van der Waals surface area contributed by atoms with E-state index < -0.39 is 6.10 Å². The van der Waals surface area contributed by atoms with Crippen LogP contribution in [-0.2, 0) is 4.74 Å². The van der Waals surface area contributed by atoms with Gasteiger partial charge in [-0.05, 0) is 25.6 Å². The van der Waals surface area contributed by atoms with Crippen LogP contribution < -0.4 is 5.32 Å². The Labute approximate surface area is 129 Å². The Morgan fingerprint density at radius 2 is 1.76 bits per heavy atom. The van der Waals surface area contributed by atoms with Gasteiger partial charge in [-0.2, -0.15) is 0 Å². The molecule has 2 unspecified atom stereocenters. The van der Waals surface area contributed by atoms with Crippen LogP contribution >= 0.6 is 0 Å². The van der Waals surface area contributed by atoms with Crippen molar-refractivity contribution in [1.29, 1.82) is 0 Å². The van der Waals surface area contributed by atoms with E-state index in [0.29, 0.717) is 25.8 Å². The summed E-state index contributed by atoms with van der Waals surface area (Å²) in [6.07, 6.45) is -0.446. The summed E-state index contributed by atoms with van der Waals surface area (Å²) >= 11 is 0. The third kappa shape index (κ3) is 6.57. The van der Waals surface area contributed by atoms with Crippen LogP contribution in [-0.4, -0.2) is 55.5 Å². The highest BCUT2D eigenvalue weighted by molar-refractivity contribution is 5.19. The molecule has 0 spiro atoms. The predicted octanol–water partition coefficient (Wildman–Crippen LogP) is 2.06. The van der Waals surface area contributed by atoms with E-state index in [4.69, 9.17) is 4.74 Å². The molecule has 120 valence electrons. The molecule has 1 rings (SSSR count). The number of benzene rings is 1. The van der Waals surface area contributed by atoms with Gasteiger partial charge in [-0.3, -0.25) is 4.90 Å². The van der Waals surface area contributed by atoms with Crippen molar-refractivity contribution in [3.8, 4) is 0 Å². The fraction of sp³-hybridized carbons (Fsp3) is 0.647. The zero-order valence-corrected chi connectivity index (χ0v) is 13.6. The van der Waals surface area contributed by atoms with E-state index in [2.05, 4.69) is 48.3 Å². The third-order valence-electron chi connectivity index (χ3n) is 3.67. The summed E-state index contributed by atoms with van der Waals surface area (Å²) in [6.45, 7) is 10.8. The average molecular weight is 294 g/mol. The van der Waals surface area contributed by atoms with E-state index in [1.165, 1.54) is 5.56 Å². The molecule has 0 bridgehead atoms. The van der Waals surface area contributed by atoms with Gasteiger partial charge in [0, 0.05) is 25.7 Å². The van der Waals surface area contributed by atoms with Crippen molar-refractivity contribution in [2.24, 2.45) is 0 Å². The maximum absolute atomic E-state index is 9.82. The number of rotatable bonds is 11. The number of nitrogens with zero attached hydrogens (tertiary/aromatic N) is 1. The summed E-state index contributed by atoms with van der Waals surface area (Å²) in [6, 6.07) is 10.9. The summed E-state index contributed by atoms with van der Waals surface area (Å²) in [5.41, 5.74) is 1.31. The van der Waals surface area contributed by atoms with Crippen LogP contribution in [0.3, 0.4) is 0 Å². The van der Waals surface area contributed by atoms with Gasteiger partial charge in [-0.1, -0.05) is 44.2 Å². The topological polar surface area (TPSA) is 44.7 Å². The monoisotopic (exact) mass is 294 g/mol. The minimum atomic E-state index is -0.446. The van der Waals surface area contributed by atoms with E-state index >= 15 is 0 Å². The molecule has 0 aliphatic heterocycles. The van der Waals surface area contributed by atoms with Gasteiger partial charge < -0.3 is 15.2 Å². The molecule has 4 heteroatoms. The highest BCUT2D eigenvalue weighted by atomic mass is 16.5. The molecular formula is C17H30N2O2. The third-order valence-corrected chi connectivity index (χ3v) is 3.67. The Morgan fingerprint density at radius 3 is 2.33 bits per heavy atom. The molecule has 0 amide bonds. The SMILES string of the molecule is CCOCC(O)CNCC(c1ccccc1)N(CC)CC. The number of hydrogen-bond donors (Lipinski definition) is 2. The molecule has 0 fully saturated rings. The molecule has 2 N–H and O–H groups in total. The maximum atomic E-state index is 9.82. The number of likely N-dealkylation sites (N-methyl/N-ethyl adjacent to an activating group) is 1. The summed E-state index contributed by atoms with van der Waals surface area (Å²) in [5.74, 6) is 0. The molecular weight excluding hydrogens is 264 g/mol. The van der Waals surface area contributed by atoms with Gasteiger partial charge in [-0.25, -0.2) is 0 Å². The van der Waals surface area contributed by atoms with E-state index in [1.54, 1.807) is 0 Å². The summed E-state index contributed by atoms with van der Waals surface area (Å²) in [4.78, 5) is 2.43. The number of aliphatic hydroxyl groups excluding tert-OH is 1. The molecule has 0 heterocycles. The summed E-state index contributed by atoms with van der Waals surface area (Å²) in [5, 5.41) is 13.2. The van der Waals surface area contributed by atoms with Crippen molar-refractivity contribution >= 4 is 0 Å². The molecule has 2 atom stereocenters. The molecule has 4 nitrogen and oxygen atoms in total. The normalized spacial score (nSPS) is 14.3. The Balaban J connectivity index is 2.54. The minimum Gasteiger partial charge on any atom is -0.389 e. The summed E-state index contributed by atoms with van der Waals surface area (Å²) in [7, 11) is 0. The molecule has 0 aliphatic rings. The molecule has 0 aliphatic carbocycles. The molecule has 0 aromatic heterocycles. The smallest absolute Gasteiger partial charge is 0.0897 e. The first-order valence-electron chi connectivity index (χ1n) is 7.98. The van der Waals surface area contributed by atoms with Crippen LogP contribution in [0.2, 0.25) is 0 Å². The van der Waals surface area contributed by atoms with E-state index in [9.17, 15) is 5.11 Å². The quantitative estimate of drug-likeness (QED) is 0.656. The van der Waals surface area contributed by atoms with Crippen molar-refractivity contribution in [3.05, 3.63) is 35.9 Å². The molecule has 0 saturated carbocycles. The van der Waals surface area contributed by atoms with Crippen LogP contribution in [0.15, 0.2) is 30.3 Å². The van der Waals surface area contributed by atoms with Gasteiger partial charge in [0.1, 0.15) is 0 Å². The fourth-order valence-electron chi connectivity index (χ4n) is 2.50. The zero-order valence-electron chi connectivity index (χ0n) is 13.6. The highest BCUT2D eigenvalue weighted by Gasteiger charge is 2.17. The van der Waals surface area contributed by atoms with Crippen LogP contribution in [0, 0.1) is 0 Å². The van der Waals surface area contributed by atoms with Crippen LogP contribution in [0.4, 0.5) is 0 Å². The van der Waals surface area contributed by atoms with E-state index in [0.717, 1.165) is 19.6 Å². The second-order valence-corrected chi connectivity index (χ2v) is 5.12. The van der Waals surface area contributed by atoms with Gasteiger partial charge in [0.25, 0.3) is 0 Å². The van der Waals surface area contributed by atoms with E-state index in [1.807, 2.05) is 13.0 Å². The predicted molar refractivity (Wildman–Crippen MR) is 87.5 cm³/mol. The summed E-state index contributed by atoms with van der Waals surface area (Å²) < 4.78 is 5.23. The van der Waals surface area contributed by atoms with Crippen molar-refractivity contribution < 1.29 is 9.84 Å². The van der Waals surface area contributed by atoms with Crippen molar-refractivity contribution in [3.63, 3.8) is 0 Å². The zero-order chi connectivity index (χ0) is 15.5. The van der Waals surface area contributed by atoms with Crippen LogP contribution in [0.25, 0.3) is 0 Å². The maximum Gasteiger partial charge on any atom is 0.0897 e. The Hall–Kier alpha value is -0.940. The van der Waals surface area contributed by atoms with Gasteiger partial charge in [0.05, 0.1) is 12.7 Å². The van der Waals surface area contributed by atoms with Crippen molar-refractivity contribution in [1.82, 2.24) is 10.2 Å². The van der Waals surface area contributed by atoms with Crippen LogP contribution in [0.1, 0.15) is 32.4 Å². The average Bonchev–Trinajstić information content (AvgIpc) is 2.53. The lowest BCUT2D eigenvalue weighted by Gasteiger charge is -2.30. The number of ether oxygens (including phenoxy) is 1. The highest BCUT2D eigenvalue weighted by Crippen LogP contribution is 2.19.